The molecule has 0 bridgehead atoms. The van der Waals surface area contributed by atoms with Crippen molar-refractivity contribution < 1.29 is 14.3 Å². The SMILES string of the molecule is Cc1ccc2[nH]nc(C(=O)N3CCN(C)[C@H](C(=O)NCc4ccc5c(c4)CCCO5)C3)c2c1. The Kier molecular flexibility index (Phi) is 5.76. The first kappa shape index (κ1) is 21.5. The number of carbonyl (C=O) groups is 2. The zero-order chi connectivity index (χ0) is 22.9. The second kappa shape index (κ2) is 8.86. The number of aromatic amines is 1. The molecule has 0 saturated carbocycles. The molecule has 3 heterocycles. The van der Waals surface area contributed by atoms with Crippen LogP contribution in [0.2, 0.25) is 0 Å². The lowest BCUT2D eigenvalue weighted by atomic mass is 10.0. The van der Waals surface area contributed by atoms with Gasteiger partial charge in [0.15, 0.2) is 5.69 Å². The number of amides is 2. The van der Waals surface area contributed by atoms with E-state index in [4.69, 9.17) is 4.74 Å². The van der Waals surface area contributed by atoms with Gasteiger partial charge in [0.05, 0.1) is 12.1 Å². The van der Waals surface area contributed by atoms with Gasteiger partial charge in [0.2, 0.25) is 5.91 Å². The van der Waals surface area contributed by atoms with Gasteiger partial charge < -0.3 is 15.0 Å². The minimum absolute atomic E-state index is 0.0771. The predicted octanol–water partition coefficient (Wildman–Crippen LogP) is 2.27. The van der Waals surface area contributed by atoms with Crippen LogP contribution < -0.4 is 10.1 Å². The van der Waals surface area contributed by atoms with Crippen molar-refractivity contribution in [2.24, 2.45) is 0 Å². The van der Waals surface area contributed by atoms with Gasteiger partial charge in [0, 0.05) is 31.6 Å². The molecule has 1 aromatic heterocycles. The van der Waals surface area contributed by atoms with Crippen LogP contribution in [0.4, 0.5) is 0 Å². The number of nitrogens with one attached hydrogen (secondary N) is 2. The van der Waals surface area contributed by atoms with E-state index in [-0.39, 0.29) is 11.8 Å². The fourth-order valence-corrected chi connectivity index (χ4v) is 4.61. The smallest absolute Gasteiger partial charge is 0.275 e. The van der Waals surface area contributed by atoms with Crippen molar-refractivity contribution in [3.63, 3.8) is 0 Å². The molecule has 0 radical (unpaired) electrons. The first-order valence-electron chi connectivity index (χ1n) is 11.5. The lowest BCUT2D eigenvalue weighted by molar-refractivity contribution is -0.127. The largest absolute Gasteiger partial charge is 0.493 e. The number of fused-ring (bicyclic) bond motifs is 2. The van der Waals surface area contributed by atoms with Crippen molar-refractivity contribution in [1.82, 2.24) is 25.3 Å². The summed E-state index contributed by atoms with van der Waals surface area (Å²) in [4.78, 5) is 30.0. The molecule has 0 aliphatic carbocycles. The summed E-state index contributed by atoms with van der Waals surface area (Å²) >= 11 is 0. The molecule has 2 amide bonds. The molecule has 5 rings (SSSR count). The molecule has 8 heteroatoms. The first-order chi connectivity index (χ1) is 16.0. The predicted molar refractivity (Wildman–Crippen MR) is 125 cm³/mol. The maximum atomic E-state index is 13.3. The topological polar surface area (TPSA) is 90.6 Å². The number of ether oxygens (including phenoxy) is 1. The van der Waals surface area contributed by atoms with Crippen molar-refractivity contribution >= 4 is 22.7 Å². The molecule has 0 spiro atoms. The second-order valence-corrected chi connectivity index (χ2v) is 8.98. The summed E-state index contributed by atoms with van der Waals surface area (Å²) in [6.07, 6.45) is 2.02. The summed E-state index contributed by atoms with van der Waals surface area (Å²) in [6.45, 7) is 4.73. The maximum Gasteiger partial charge on any atom is 0.275 e. The van der Waals surface area contributed by atoms with Gasteiger partial charge in [-0.15, -0.1) is 0 Å². The van der Waals surface area contributed by atoms with Crippen LogP contribution in [0.1, 0.15) is 33.6 Å². The Hall–Kier alpha value is -3.39. The van der Waals surface area contributed by atoms with Crippen LogP contribution >= 0.6 is 0 Å². The fraction of sp³-hybridized carbons (Fsp3) is 0.400. The van der Waals surface area contributed by atoms with Crippen LogP contribution in [0.3, 0.4) is 0 Å². The Labute approximate surface area is 192 Å². The van der Waals surface area contributed by atoms with E-state index in [1.165, 1.54) is 5.56 Å². The molecule has 2 aliphatic rings. The number of rotatable bonds is 4. The highest BCUT2D eigenvalue weighted by Crippen LogP contribution is 2.25. The van der Waals surface area contributed by atoms with Crippen molar-refractivity contribution in [1.29, 1.82) is 0 Å². The van der Waals surface area contributed by atoms with Gasteiger partial charge in [-0.3, -0.25) is 19.6 Å². The summed E-state index contributed by atoms with van der Waals surface area (Å²) < 4.78 is 5.67. The summed E-state index contributed by atoms with van der Waals surface area (Å²) in [5, 5.41) is 11.1. The minimum Gasteiger partial charge on any atom is -0.493 e. The third-order valence-corrected chi connectivity index (χ3v) is 6.60. The number of piperazine rings is 1. The molecule has 0 unspecified atom stereocenters. The number of benzene rings is 2. The van der Waals surface area contributed by atoms with Gasteiger partial charge in [0.25, 0.3) is 5.91 Å². The summed E-state index contributed by atoms with van der Waals surface area (Å²) in [5.41, 5.74) is 4.57. The normalized spacial score (nSPS) is 18.6. The molecule has 1 atom stereocenters. The van der Waals surface area contributed by atoms with E-state index in [1.807, 2.05) is 49.2 Å². The molecule has 2 N–H and O–H groups in total. The van der Waals surface area contributed by atoms with E-state index >= 15 is 0 Å². The van der Waals surface area contributed by atoms with E-state index in [1.54, 1.807) is 4.90 Å². The van der Waals surface area contributed by atoms with E-state index < -0.39 is 6.04 Å². The Morgan fingerprint density at radius 3 is 2.97 bits per heavy atom. The van der Waals surface area contributed by atoms with Crippen molar-refractivity contribution in [2.75, 3.05) is 33.3 Å². The molecular weight excluding hydrogens is 418 g/mol. The number of aromatic nitrogens is 2. The van der Waals surface area contributed by atoms with E-state index in [0.29, 0.717) is 31.9 Å². The molecule has 3 aromatic rings. The minimum atomic E-state index is -0.407. The quantitative estimate of drug-likeness (QED) is 0.640. The number of carbonyl (C=O) groups excluding carboxylic acids is 2. The standard InChI is InChI=1S/C25H29N5O3/c1-16-5-7-20-19(12-16)23(28-27-20)25(32)30-10-9-29(2)21(15-30)24(31)26-14-17-6-8-22-18(13-17)4-3-11-33-22/h5-8,12-13,21H,3-4,9-11,14-15H2,1-2H3,(H,26,31)(H,27,28)/t21-/m0/s1. The zero-order valence-electron chi connectivity index (χ0n) is 19.1. The van der Waals surface area contributed by atoms with Gasteiger partial charge in [-0.05, 0) is 56.1 Å². The average Bonchev–Trinajstić information content (AvgIpc) is 3.25. The number of likely N-dealkylation sites (N-methyl/N-ethyl adjacent to an activating group) is 1. The fourth-order valence-electron chi connectivity index (χ4n) is 4.61. The van der Waals surface area contributed by atoms with E-state index in [2.05, 4.69) is 21.6 Å². The highest BCUT2D eigenvalue weighted by Gasteiger charge is 2.33. The number of hydrogen-bond acceptors (Lipinski definition) is 5. The summed E-state index contributed by atoms with van der Waals surface area (Å²) in [7, 11) is 1.93. The highest BCUT2D eigenvalue weighted by molar-refractivity contribution is 6.05. The lowest BCUT2D eigenvalue weighted by Crippen LogP contribution is -2.58. The third kappa shape index (κ3) is 4.30. The Bertz CT molecular complexity index is 1200. The van der Waals surface area contributed by atoms with Crippen LogP contribution in [0.15, 0.2) is 36.4 Å². The van der Waals surface area contributed by atoms with Crippen LogP contribution in [0.5, 0.6) is 5.75 Å². The van der Waals surface area contributed by atoms with Crippen molar-refractivity contribution in [2.45, 2.75) is 32.4 Å². The molecule has 1 saturated heterocycles. The number of hydrogen-bond donors (Lipinski definition) is 2. The summed E-state index contributed by atoms with van der Waals surface area (Å²) in [5.74, 6) is 0.720. The van der Waals surface area contributed by atoms with E-state index in [9.17, 15) is 9.59 Å². The Morgan fingerprint density at radius 2 is 2.09 bits per heavy atom. The van der Waals surface area contributed by atoms with E-state index in [0.717, 1.165) is 47.2 Å². The molecule has 2 aliphatic heterocycles. The molecule has 1 fully saturated rings. The van der Waals surface area contributed by atoms with Crippen molar-refractivity contribution in [3.8, 4) is 5.75 Å². The molecule has 172 valence electrons. The monoisotopic (exact) mass is 447 g/mol. The maximum absolute atomic E-state index is 13.3. The first-order valence-corrected chi connectivity index (χ1v) is 11.5. The lowest BCUT2D eigenvalue weighted by Gasteiger charge is -2.38. The molecular formula is C25H29N5O3. The molecule has 8 nitrogen and oxygen atoms in total. The number of H-pyrrole nitrogens is 1. The van der Waals surface area contributed by atoms with Gasteiger partial charge in [-0.2, -0.15) is 5.10 Å². The van der Waals surface area contributed by atoms with Crippen LogP contribution in [-0.4, -0.2) is 71.1 Å². The van der Waals surface area contributed by atoms with Gasteiger partial charge in [-0.1, -0.05) is 23.8 Å². The van der Waals surface area contributed by atoms with Gasteiger partial charge in [-0.25, -0.2) is 0 Å². The average molecular weight is 448 g/mol. The van der Waals surface area contributed by atoms with Gasteiger partial charge >= 0.3 is 0 Å². The Balaban J connectivity index is 1.26. The number of aryl methyl sites for hydroxylation is 2. The number of nitrogens with zero attached hydrogens (tertiary/aromatic N) is 3. The molecule has 33 heavy (non-hydrogen) atoms. The van der Waals surface area contributed by atoms with Crippen LogP contribution in [0.25, 0.3) is 10.9 Å². The second-order valence-electron chi connectivity index (χ2n) is 8.98. The van der Waals surface area contributed by atoms with Gasteiger partial charge in [0.1, 0.15) is 11.8 Å². The van der Waals surface area contributed by atoms with Crippen molar-refractivity contribution in [3.05, 3.63) is 58.8 Å². The van der Waals surface area contributed by atoms with Crippen LogP contribution in [-0.2, 0) is 17.8 Å². The third-order valence-electron chi connectivity index (χ3n) is 6.60. The summed E-state index contributed by atoms with van der Waals surface area (Å²) in [6, 6.07) is 11.6. The molecule has 2 aromatic carbocycles. The highest BCUT2D eigenvalue weighted by atomic mass is 16.5. The zero-order valence-corrected chi connectivity index (χ0v) is 19.1. The van der Waals surface area contributed by atoms with Crippen LogP contribution in [0, 0.1) is 6.92 Å². The Morgan fingerprint density at radius 1 is 1.21 bits per heavy atom.